The molecular weight excluding hydrogens is 472 g/mol. The van der Waals surface area contributed by atoms with Crippen molar-refractivity contribution in [3.05, 3.63) is 119 Å². The monoisotopic (exact) mass is 495 g/mol. The molecule has 0 saturated heterocycles. The Kier molecular flexibility index (Phi) is 8.21. The third kappa shape index (κ3) is 5.36. The minimum atomic E-state index is -1.65. The van der Waals surface area contributed by atoms with Crippen molar-refractivity contribution in [2.24, 2.45) is 0 Å². The fourth-order valence-electron chi connectivity index (χ4n) is 4.56. The maximum absolute atomic E-state index is 9.64. The summed E-state index contributed by atoms with van der Waals surface area (Å²) in [7, 11) is -4.36. The van der Waals surface area contributed by atoms with E-state index in [-0.39, 0.29) is 0 Å². The first-order valence-electron chi connectivity index (χ1n) is 11.4. The molecule has 4 aromatic rings. The second-order valence-electron chi connectivity index (χ2n) is 8.48. The third-order valence-corrected chi connectivity index (χ3v) is 6.40. The van der Waals surface area contributed by atoms with Crippen molar-refractivity contribution in [2.45, 2.75) is 5.41 Å². The lowest BCUT2D eigenvalue weighted by atomic mass is 9.63. The quantitative estimate of drug-likeness (QED) is 0.104. The van der Waals surface area contributed by atoms with Gasteiger partial charge in [-0.2, -0.15) is 0 Å². The maximum Gasteiger partial charge on any atom is 0.569 e. The molecule has 0 spiro atoms. The van der Waals surface area contributed by atoms with E-state index in [9.17, 15) is 30.1 Å². The van der Waals surface area contributed by atoms with Crippen LogP contribution in [0.3, 0.4) is 0 Å². The Morgan fingerprint density at radius 2 is 0.730 bits per heavy atom. The highest BCUT2D eigenvalue weighted by Crippen LogP contribution is 2.45. The molecule has 1 radical (unpaired) electrons. The lowest BCUT2D eigenvalue weighted by molar-refractivity contribution is 0.424. The van der Waals surface area contributed by atoms with Crippen molar-refractivity contribution in [1.29, 1.82) is 0 Å². The van der Waals surface area contributed by atoms with Crippen molar-refractivity contribution in [1.82, 2.24) is 0 Å². The van der Waals surface area contributed by atoms with Gasteiger partial charge >= 0.3 is 29.0 Å². The van der Waals surface area contributed by atoms with Gasteiger partial charge in [0.2, 0.25) is 0 Å². The number of hydrogen-bond donors (Lipinski definition) is 7. The Hall–Kier alpha value is -3.34. The van der Waals surface area contributed by atoms with Crippen LogP contribution in [0.15, 0.2) is 97.1 Å². The van der Waals surface area contributed by atoms with E-state index >= 15 is 0 Å². The third-order valence-electron chi connectivity index (χ3n) is 6.40. The van der Waals surface area contributed by atoms with E-state index in [1.54, 1.807) is 84.9 Å². The van der Waals surface area contributed by atoms with Crippen LogP contribution in [0.2, 0.25) is 0 Å². The molecule has 0 aromatic heterocycles. The Bertz CT molecular complexity index is 1170. The second-order valence-corrected chi connectivity index (χ2v) is 8.48. The lowest BCUT2D eigenvalue weighted by Crippen LogP contribution is -2.36. The van der Waals surface area contributed by atoms with E-state index in [4.69, 9.17) is 9.68 Å². The molecule has 7 N–H and O–H groups in total. The number of rotatable bonds is 9. The molecule has 4 aromatic carbocycles. The highest BCUT2D eigenvalue weighted by atomic mass is 16.5. The van der Waals surface area contributed by atoms with Crippen LogP contribution in [0.4, 0.5) is 0 Å². The predicted octanol–water partition coefficient (Wildman–Crippen LogP) is -1.99. The average Bonchev–Trinajstić information content (AvgIpc) is 2.91. The Labute approximate surface area is 215 Å². The van der Waals surface area contributed by atoms with E-state index in [0.29, 0.717) is 29.8 Å². The van der Waals surface area contributed by atoms with Crippen LogP contribution < -0.4 is 21.0 Å². The molecule has 12 heteroatoms. The molecule has 37 heavy (non-hydrogen) atoms. The fourth-order valence-corrected chi connectivity index (χ4v) is 4.56. The Morgan fingerprint density at radius 3 is 0.973 bits per heavy atom. The van der Waals surface area contributed by atoms with E-state index < -0.39 is 26.8 Å². The second kappa shape index (κ2) is 11.4. The van der Waals surface area contributed by atoms with Gasteiger partial charge in [-0.3, -0.25) is 0 Å². The summed E-state index contributed by atoms with van der Waals surface area (Å²) >= 11 is 0. The Balaban J connectivity index is 2.04. The zero-order chi connectivity index (χ0) is 26.6. The van der Waals surface area contributed by atoms with E-state index in [2.05, 4.69) is 0 Å². The molecule has 4 rings (SSSR count). The molecule has 183 valence electrons. The molecule has 0 aliphatic heterocycles. The van der Waals surface area contributed by atoms with Gasteiger partial charge in [-0.1, -0.05) is 84.9 Å². The van der Waals surface area contributed by atoms with Crippen molar-refractivity contribution < 1.29 is 39.8 Å². The van der Waals surface area contributed by atoms with Gasteiger partial charge in [0.25, 0.3) is 0 Å². The van der Waals surface area contributed by atoms with Gasteiger partial charge in [0.1, 0.15) is 0 Å². The molecule has 0 saturated carbocycles. The van der Waals surface area contributed by atoms with Crippen LogP contribution in [0, 0.1) is 0 Å². The fraction of sp³-hybridized carbons (Fsp3) is 0.0400. The number of benzene rings is 4. The van der Waals surface area contributed by atoms with E-state index in [1.807, 2.05) is 12.1 Å². The van der Waals surface area contributed by atoms with Crippen molar-refractivity contribution in [3.63, 3.8) is 0 Å². The minimum Gasteiger partial charge on any atom is -0.537 e. The molecule has 0 fully saturated rings. The molecule has 0 amide bonds. The van der Waals surface area contributed by atoms with Gasteiger partial charge in [-0.15, -0.1) is 0 Å². The van der Waals surface area contributed by atoms with E-state index in [0.717, 1.165) is 22.3 Å². The zero-order valence-corrected chi connectivity index (χ0v) is 19.6. The van der Waals surface area contributed by atoms with Crippen LogP contribution in [0.1, 0.15) is 22.3 Å². The van der Waals surface area contributed by atoms with Crippen molar-refractivity contribution in [3.8, 4) is 5.75 Å². The lowest BCUT2D eigenvalue weighted by Gasteiger charge is -2.37. The van der Waals surface area contributed by atoms with Crippen LogP contribution in [0.25, 0.3) is 0 Å². The standard InChI is InChI=1S/C25H23B4O8/c30-26-37-24-15-7-20(8-16-24)25(17-1-9-21(10-2-17)27(31)32,18-3-11-22(12-4-18)28(33)34)19-5-13-23(14-6-19)29(35)36/h1-16,30-36H. The first-order chi connectivity index (χ1) is 17.8. The average molecular weight is 495 g/mol. The highest BCUT2D eigenvalue weighted by Gasteiger charge is 2.39. The zero-order valence-electron chi connectivity index (χ0n) is 19.6. The number of hydrogen-bond acceptors (Lipinski definition) is 8. The maximum atomic E-state index is 9.64. The molecule has 0 bridgehead atoms. The van der Waals surface area contributed by atoms with E-state index in [1.165, 1.54) is 0 Å². The summed E-state index contributed by atoms with van der Waals surface area (Å²) in [5, 5.41) is 66.9. The van der Waals surface area contributed by atoms with Crippen LogP contribution in [0.5, 0.6) is 5.75 Å². The molecule has 0 unspecified atom stereocenters. The van der Waals surface area contributed by atoms with Crippen LogP contribution in [-0.4, -0.2) is 64.2 Å². The molecule has 8 nitrogen and oxygen atoms in total. The van der Waals surface area contributed by atoms with Gasteiger partial charge in [0, 0.05) is 0 Å². The Morgan fingerprint density at radius 1 is 0.459 bits per heavy atom. The summed E-state index contributed by atoms with van der Waals surface area (Å²) in [5.41, 5.74) is 2.90. The topological polar surface area (TPSA) is 151 Å². The summed E-state index contributed by atoms with van der Waals surface area (Å²) in [5.74, 6) is 0.399. The minimum absolute atomic E-state index is 0.303. The summed E-state index contributed by atoms with van der Waals surface area (Å²) < 4.78 is 5.08. The summed E-state index contributed by atoms with van der Waals surface area (Å²) in [6, 6.07) is 27.2. The first kappa shape index (κ1) is 26.7. The molecule has 0 aliphatic carbocycles. The molecule has 0 heterocycles. The largest absolute Gasteiger partial charge is 0.569 e. The molecule has 0 aliphatic rings. The molecule has 0 atom stereocenters. The normalized spacial score (nSPS) is 11.1. The SMILES string of the molecule is O[B]Oc1ccc(C(c2ccc(B(O)O)cc2)(c2ccc(B(O)O)cc2)c2ccc(B(O)O)cc2)cc1. The van der Waals surface area contributed by atoms with Gasteiger partial charge in [0.05, 0.1) is 11.2 Å². The summed E-state index contributed by atoms with van der Waals surface area (Å²) in [6.07, 6.45) is 0. The van der Waals surface area contributed by atoms with Crippen LogP contribution in [-0.2, 0) is 5.41 Å². The van der Waals surface area contributed by atoms with Crippen molar-refractivity contribution >= 4 is 45.4 Å². The van der Waals surface area contributed by atoms with Crippen molar-refractivity contribution in [2.75, 3.05) is 0 Å². The highest BCUT2D eigenvalue weighted by molar-refractivity contribution is 6.59. The van der Waals surface area contributed by atoms with Gasteiger partial charge in [0.15, 0.2) is 0 Å². The van der Waals surface area contributed by atoms with Gasteiger partial charge in [-0.25, -0.2) is 0 Å². The smallest absolute Gasteiger partial charge is 0.537 e. The predicted molar refractivity (Wildman–Crippen MR) is 143 cm³/mol. The van der Waals surface area contributed by atoms with Crippen LogP contribution >= 0.6 is 0 Å². The summed E-state index contributed by atoms with van der Waals surface area (Å²) in [6.45, 7) is 0. The first-order valence-corrected chi connectivity index (χ1v) is 11.4. The summed E-state index contributed by atoms with van der Waals surface area (Å²) in [4.78, 5) is 0. The van der Waals surface area contributed by atoms with Gasteiger partial charge < -0.3 is 39.8 Å². The van der Waals surface area contributed by atoms with Gasteiger partial charge in [-0.05, 0) is 50.8 Å². The molecular formula is C25H23B4O8.